The maximum Gasteiger partial charge on any atom is 0.408 e. The summed E-state index contributed by atoms with van der Waals surface area (Å²) in [5.74, 6) is -0.529. The second-order valence-corrected chi connectivity index (χ2v) is 7.15. The number of ether oxygens (including phenoxy) is 1. The van der Waals surface area contributed by atoms with Gasteiger partial charge in [-0.1, -0.05) is 48.5 Å². The Morgan fingerprint density at radius 2 is 1.59 bits per heavy atom. The first kappa shape index (κ1) is 17.5. The quantitative estimate of drug-likeness (QED) is 0.774. The number of piperidine rings is 1. The normalized spacial score (nSPS) is 17.6. The summed E-state index contributed by atoms with van der Waals surface area (Å²) in [6.07, 6.45) is 0.330. The molecule has 2 amide bonds. The maximum absolute atomic E-state index is 12.4. The lowest BCUT2D eigenvalue weighted by molar-refractivity contribution is -0.125. The molecule has 1 aliphatic carbocycles. The molecule has 2 aromatic carbocycles. The Kier molecular flexibility index (Phi) is 4.58. The van der Waals surface area contributed by atoms with E-state index in [0.717, 1.165) is 11.1 Å². The summed E-state index contributed by atoms with van der Waals surface area (Å²) < 4.78 is 5.54. The number of rotatable bonds is 4. The Morgan fingerprint density at radius 3 is 2.15 bits per heavy atom. The highest BCUT2D eigenvalue weighted by Gasteiger charge is 2.40. The molecule has 6 heteroatoms. The number of nitrogens with two attached hydrogens (primary N) is 1. The smallest absolute Gasteiger partial charge is 0.408 e. The van der Waals surface area contributed by atoms with Crippen LogP contribution in [0.15, 0.2) is 48.5 Å². The third kappa shape index (κ3) is 3.17. The fraction of sp³-hybridized carbons (Fsp3) is 0.333. The van der Waals surface area contributed by atoms with Gasteiger partial charge in [-0.3, -0.25) is 4.79 Å². The molecule has 1 heterocycles. The SMILES string of the molecule is NC(=O)C1(NC(=O)OCC2c3ccccc3-c3ccccc32)CCNCC1. The van der Waals surface area contributed by atoms with Gasteiger partial charge in [0, 0.05) is 5.92 Å². The van der Waals surface area contributed by atoms with Gasteiger partial charge in [-0.05, 0) is 48.2 Å². The summed E-state index contributed by atoms with van der Waals surface area (Å²) >= 11 is 0. The van der Waals surface area contributed by atoms with Crippen molar-refractivity contribution in [3.8, 4) is 11.1 Å². The van der Waals surface area contributed by atoms with E-state index in [-0.39, 0.29) is 12.5 Å². The van der Waals surface area contributed by atoms with Crippen LogP contribution in [0.2, 0.25) is 0 Å². The number of alkyl carbamates (subject to hydrolysis) is 1. The zero-order chi connectivity index (χ0) is 18.9. The summed E-state index contributed by atoms with van der Waals surface area (Å²) in [5.41, 5.74) is 9.18. The van der Waals surface area contributed by atoms with E-state index in [1.54, 1.807) is 0 Å². The largest absolute Gasteiger partial charge is 0.449 e. The Balaban J connectivity index is 1.49. The van der Waals surface area contributed by atoms with Crippen molar-refractivity contribution < 1.29 is 14.3 Å². The summed E-state index contributed by atoms with van der Waals surface area (Å²) in [4.78, 5) is 24.4. The molecule has 4 N–H and O–H groups in total. The lowest BCUT2D eigenvalue weighted by atomic mass is 9.88. The molecule has 4 rings (SSSR count). The zero-order valence-electron chi connectivity index (χ0n) is 15.0. The van der Waals surface area contributed by atoms with E-state index in [0.29, 0.717) is 25.9 Å². The van der Waals surface area contributed by atoms with Gasteiger partial charge >= 0.3 is 6.09 Å². The van der Waals surface area contributed by atoms with Gasteiger partial charge in [0.15, 0.2) is 0 Å². The van der Waals surface area contributed by atoms with Gasteiger partial charge in [0.2, 0.25) is 5.91 Å². The molecule has 0 radical (unpaired) electrons. The van der Waals surface area contributed by atoms with E-state index < -0.39 is 17.5 Å². The molecular weight excluding hydrogens is 342 g/mol. The van der Waals surface area contributed by atoms with Crippen LogP contribution in [0.4, 0.5) is 4.79 Å². The van der Waals surface area contributed by atoms with Crippen LogP contribution in [-0.2, 0) is 9.53 Å². The minimum absolute atomic E-state index is 0.0132. The Bertz CT molecular complexity index is 829. The number of carbonyl (C=O) groups excluding carboxylic acids is 2. The van der Waals surface area contributed by atoms with Gasteiger partial charge in [-0.2, -0.15) is 0 Å². The maximum atomic E-state index is 12.4. The van der Waals surface area contributed by atoms with Gasteiger partial charge in [-0.15, -0.1) is 0 Å². The molecule has 2 aromatic rings. The van der Waals surface area contributed by atoms with Crippen LogP contribution in [0.5, 0.6) is 0 Å². The van der Waals surface area contributed by atoms with E-state index in [1.165, 1.54) is 11.1 Å². The van der Waals surface area contributed by atoms with Crippen molar-refractivity contribution in [2.75, 3.05) is 19.7 Å². The molecule has 0 unspecified atom stereocenters. The van der Waals surface area contributed by atoms with Crippen molar-refractivity contribution in [1.29, 1.82) is 0 Å². The average molecular weight is 365 g/mol. The van der Waals surface area contributed by atoms with Crippen LogP contribution < -0.4 is 16.4 Å². The molecule has 0 bridgehead atoms. The van der Waals surface area contributed by atoms with E-state index in [9.17, 15) is 9.59 Å². The number of benzene rings is 2. The molecule has 2 aliphatic rings. The number of carbonyl (C=O) groups is 2. The lowest BCUT2D eigenvalue weighted by Crippen LogP contribution is -2.62. The monoisotopic (exact) mass is 365 g/mol. The predicted octanol–water partition coefficient (Wildman–Crippen LogP) is 2.13. The fourth-order valence-corrected chi connectivity index (χ4v) is 4.12. The molecule has 1 saturated heterocycles. The van der Waals surface area contributed by atoms with Crippen LogP contribution in [0.25, 0.3) is 11.1 Å². The molecule has 0 atom stereocenters. The first-order valence-corrected chi connectivity index (χ1v) is 9.24. The molecule has 140 valence electrons. The summed E-state index contributed by atoms with van der Waals surface area (Å²) in [6, 6.07) is 16.3. The fourth-order valence-electron chi connectivity index (χ4n) is 4.12. The van der Waals surface area contributed by atoms with Crippen molar-refractivity contribution in [2.24, 2.45) is 5.73 Å². The molecule has 27 heavy (non-hydrogen) atoms. The van der Waals surface area contributed by atoms with Crippen molar-refractivity contribution in [1.82, 2.24) is 10.6 Å². The number of nitrogens with one attached hydrogen (secondary N) is 2. The average Bonchev–Trinajstić information content (AvgIpc) is 3.01. The number of amides is 2. The number of fused-ring (bicyclic) bond motifs is 3. The molecular formula is C21H23N3O3. The van der Waals surface area contributed by atoms with Gasteiger partial charge in [-0.25, -0.2) is 4.79 Å². The van der Waals surface area contributed by atoms with E-state index in [2.05, 4.69) is 34.9 Å². The molecule has 6 nitrogen and oxygen atoms in total. The first-order chi connectivity index (χ1) is 13.1. The van der Waals surface area contributed by atoms with Crippen LogP contribution in [0, 0.1) is 0 Å². The second kappa shape index (κ2) is 7.04. The van der Waals surface area contributed by atoms with Crippen LogP contribution in [0.1, 0.15) is 29.9 Å². The molecule has 0 spiro atoms. The number of hydrogen-bond donors (Lipinski definition) is 3. The van der Waals surface area contributed by atoms with E-state index in [4.69, 9.17) is 10.5 Å². The van der Waals surface area contributed by atoms with Gasteiger partial charge in [0.05, 0.1) is 0 Å². The Labute approximate surface area is 158 Å². The van der Waals surface area contributed by atoms with Crippen molar-refractivity contribution in [2.45, 2.75) is 24.3 Å². The Morgan fingerprint density at radius 1 is 1.04 bits per heavy atom. The minimum atomic E-state index is -1.03. The summed E-state index contributed by atoms with van der Waals surface area (Å²) in [5, 5.41) is 5.89. The molecule has 0 saturated carbocycles. The van der Waals surface area contributed by atoms with Crippen molar-refractivity contribution in [3.05, 3.63) is 59.7 Å². The van der Waals surface area contributed by atoms with E-state index in [1.807, 2.05) is 24.3 Å². The van der Waals surface area contributed by atoms with Crippen LogP contribution >= 0.6 is 0 Å². The standard InChI is InChI=1S/C21H23N3O3/c22-19(25)21(9-11-23-12-10-21)24-20(26)27-13-18-16-7-3-1-5-14(16)15-6-2-4-8-17(15)18/h1-8,18,23H,9-13H2,(H2,22,25)(H,24,26). The molecule has 0 aromatic heterocycles. The minimum Gasteiger partial charge on any atom is -0.449 e. The van der Waals surface area contributed by atoms with Crippen molar-refractivity contribution in [3.63, 3.8) is 0 Å². The third-order valence-corrected chi connectivity index (χ3v) is 5.61. The summed E-state index contributed by atoms with van der Waals surface area (Å²) in [6.45, 7) is 1.48. The zero-order valence-corrected chi connectivity index (χ0v) is 15.0. The second-order valence-electron chi connectivity index (χ2n) is 7.15. The summed E-state index contributed by atoms with van der Waals surface area (Å²) in [7, 11) is 0. The molecule has 1 aliphatic heterocycles. The number of hydrogen-bond acceptors (Lipinski definition) is 4. The molecule has 1 fully saturated rings. The van der Waals surface area contributed by atoms with Crippen LogP contribution in [0.3, 0.4) is 0 Å². The number of primary amides is 1. The highest BCUT2D eigenvalue weighted by atomic mass is 16.5. The topological polar surface area (TPSA) is 93.5 Å². The van der Waals surface area contributed by atoms with Gasteiger partial charge in [0.25, 0.3) is 0 Å². The third-order valence-electron chi connectivity index (χ3n) is 5.61. The Hall–Kier alpha value is -2.86. The van der Waals surface area contributed by atoms with Gasteiger partial charge < -0.3 is 21.1 Å². The van der Waals surface area contributed by atoms with Gasteiger partial charge in [0.1, 0.15) is 12.1 Å². The lowest BCUT2D eigenvalue weighted by Gasteiger charge is -2.35. The highest BCUT2D eigenvalue weighted by molar-refractivity contribution is 5.89. The van der Waals surface area contributed by atoms with Crippen molar-refractivity contribution >= 4 is 12.0 Å². The van der Waals surface area contributed by atoms with E-state index >= 15 is 0 Å². The highest BCUT2D eigenvalue weighted by Crippen LogP contribution is 2.44. The first-order valence-electron chi connectivity index (χ1n) is 9.24. The van der Waals surface area contributed by atoms with Crippen LogP contribution in [-0.4, -0.2) is 37.2 Å². The predicted molar refractivity (Wildman–Crippen MR) is 102 cm³/mol.